The summed E-state index contributed by atoms with van der Waals surface area (Å²) in [6, 6.07) is 0.827. The van der Waals surface area contributed by atoms with E-state index in [1.807, 2.05) is 0 Å². The molecule has 2 nitrogen and oxygen atoms in total. The van der Waals surface area contributed by atoms with E-state index in [0.29, 0.717) is 5.54 Å². The van der Waals surface area contributed by atoms with E-state index in [4.69, 9.17) is 5.73 Å². The Balaban J connectivity index is 2.10. The van der Waals surface area contributed by atoms with Crippen LogP contribution >= 0.6 is 0 Å². The van der Waals surface area contributed by atoms with Crippen molar-refractivity contribution in [1.82, 2.24) is 4.90 Å². The van der Waals surface area contributed by atoms with Gasteiger partial charge in [0.2, 0.25) is 0 Å². The summed E-state index contributed by atoms with van der Waals surface area (Å²) < 4.78 is 0. The maximum atomic E-state index is 6.32. The van der Waals surface area contributed by atoms with E-state index in [0.717, 1.165) is 24.4 Å². The van der Waals surface area contributed by atoms with Crippen LogP contribution in [0, 0.1) is 11.8 Å². The van der Waals surface area contributed by atoms with Crippen molar-refractivity contribution in [1.29, 1.82) is 0 Å². The van der Waals surface area contributed by atoms with Crippen LogP contribution in [-0.2, 0) is 0 Å². The second-order valence-corrected chi connectivity index (χ2v) is 7.76. The van der Waals surface area contributed by atoms with Gasteiger partial charge in [-0.15, -0.1) is 0 Å². The van der Waals surface area contributed by atoms with Gasteiger partial charge < -0.3 is 5.73 Å². The molecule has 2 heteroatoms. The molecule has 0 saturated heterocycles. The van der Waals surface area contributed by atoms with Crippen LogP contribution in [0.4, 0.5) is 0 Å². The minimum absolute atomic E-state index is 0.338. The Labute approximate surface area is 126 Å². The first-order valence-electron chi connectivity index (χ1n) is 9.08. The highest BCUT2D eigenvalue weighted by molar-refractivity contribution is 5.01. The molecule has 2 aliphatic rings. The number of hydrogen-bond acceptors (Lipinski definition) is 2. The normalized spacial score (nSPS) is 31.8. The number of rotatable bonds is 7. The van der Waals surface area contributed by atoms with Crippen LogP contribution < -0.4 is 5.73 Å². The number of nitrogens with two attached hydrogens (primary N) is 1. The second kappa shape index (κ2) is 7.26. The van der Waals surface area contributed by atoms with Gasteiger partial charge in [0.05, 0.1) is 0 Å². The lowest BCUT2D eigenvalue weighted by Gasteiger charge is -2.45. The number of nitrogens with zero attached hydrogens (tertiary/aromatic N) is 1. The van der Waals surface area contributed by atoms with E-state index < -0.39 is 0 Å². The summed E-state index contributed by atoms with van der Waals surface area (Å²) in [5, 5.41) is 0. The van der Waals surface area contributed by atoms with Crippen LogP contribution in [0.2, 0.25) is 0 Å². The molecule has 0 amide bonds. The molecule has 2 rings (SSSR count). The molecule has 2 atom stereocenters. The van der Waals surface area contributed by atoms with E-state index >= 15 is 0 Å². The largest absolute Gasteiger partial charge is 0.329 e. The minimum Gasteiger partial charge on any atom is -0.329 e. The molecule has 0 bridgehead atoms. The quantitative estimate of drug-likeness (QED) is 0.758. The molecule has 0 aromatic rings. The lowest BCUT2D eigenvalue weighted by Crippen LogP contribution is -2.56. The van der Waals surface area contributed by atoms with Crippen LogP contribution in [0.1, 0.15) is 78.6 Å². The molecule has 0 spiro atoms. The molecule has 2 aliphatic carbocycles. The molecule has 0 aliphatic heterocycles. The first-order valence-corrected chi connectivity index (χ1v) is 9.08. The predicted molar refractivity (Wildman–Crippen MR) is 87.8 cm³/mol. The van der Waals surface area contributed by atoms with E-state index in [1.165, 1.54) is 64.3 Å². The number of hydrogen-bond donors (Lipinski definition) is 1. The Morgan fingerprint density at radius 1 is 1.20 bits per heavy atom. The summed E-state index contributed by atoms with van der Waals surface area (Å²) in [5.41, 5.74) is 6.66. The molecule has 0 aromatic carbocycles. The average Bonchev–Trinajstić information content (AvgIpc) is 3.08. The SMILES string of the molecule is CCC1CCC(CN)(N(CCC(C)C)C2CCCC2)C1. The molecule has 2 saturated carbocycles. The fourth-order valence-electron chi connectivity index (χ4n) is 4.55. The minimum atomic E-state index is 0.338. The third-order valence-electron chi connectivity index (χ3n) is 5.97. The molecular formula is C18H36N2. The van der Waals surface area contributed by atoms with Gasteiger partial charge in [0, 0.05) is 18.1 Å². The fraction of sp³-hybridized carbons (Fsp3) is 1.00. The molecule has 0 aromatic heterocycles. The zero-order valence-corrected chi connectivity index (χ0v) is 14.0. The van der Waals surface area contributed by atoms with Gasteiger partial charge in [-0.05, 0) is 56.9 Å². The van der Waals surface area contributed by atoms with E-state index in [9.17, 15) is 0 Å². The predicted octanol–water partition coefficient (Wildman–Crippen LogP) is 4.18. The van der Waals surface area contributed by atoms with Crippen molar-refractivity contribution < 1.29 is 0 Å². The van der Waals surface area contributed by atoms with Crippen molar-refractivity contribution in [3.8, 4) is 0 Å². The fourth-order valence-corrected chi connectivity index (χ4v) is 4.55. The van der Waals surface area contributed by atoms with Crippen molar-refractivity contribution >= 4 is 0 Å². The molecule has 2 N–H and O–H groups in total. The summed E-state index contributed by atoms with van der Waals surface area (Å²) in [6.45, 7) is 9.20. The Morgan fingerprint density at radius 2 is 1.90 bits per heavy atom. The molecular weight excluding hydrogens is 244 g/mol. The highest BCUT2D eigenvalue weighted by atomic mass is 15.2. The Kier molecular flexibility index (Phi) is 5.92. The molecule has 0 heterocycles. The summed E-state index contributed by atoms with van der Waals surface area (Å²) >= 11 is 0. The van der Waals surface area contributed by atoms with Crippen LogP contribution in [0.15, 0.2) is 0 Å². The molecule has 2 fully saturated rings. The average molecular weight is 281 g/mol. The highest BCUT2D eigenvalue weighted by Crippen LogP contribution is 2.43. The Bertz CT molecular complexity index is 283. The van der Waals surface area contributed by atoms with Crippen LogP contribution in [-0.4, -0.2) is 29.6 Å². The Hall–Kier alpha value is -0.0800. The summed E-state index contributed by atoms with van der Waals surface area (Å²) in [6.07, 6.45) is 12.5. The van der Waals surface area contributed by atoms with Crippen molar-refractivity contribution in [2.45, 2.75) is 90.1 Å². The van der Waals surface area contributed by atoms with Gasteiger partial charge in [-0.3, -0.25) is 4.90 Å². The van der Waals surface area contributed by atoms with E-state index in [2.05, 4.69) is 25.7 Å². The monoisotopic (exact) mass is 280 g/mol. The molecule has 118 valence electrons. The van der Waals surface area contributed by atoms with Crippen molar-refractivity contribution in [2.75, 3.05) is 13.1 Å². The first kappa shape index (κ1) is 16.3. The summed E-state index contributed by atoms with van der Waals surface area (Å²) in [7, 11) is 0. The maximum Gasteiger partial charge on any atom is 0.0337 e. The van der Waals surface area contributed by atoms with Gasteiger partial charge in [0.25, 0.3) is 0 Å². The van der Waals surface area contributed by atoms with Crippen molar-refractivity contribution in [3.63, 3.8) is 0 Å². The van der Waals surface area contributed by atoms with Gasteiger partial charge in [-0.1, -0.05) is 40.0 Å². The van der Waals surface area contributed by atoms with Gasteiger partial charge in [0.15, 0.2) is 0 Å². The first-order chi connectivity index (χ1) is 9.61. The summed E-state index contributed by atoms with van der Waals surface area (Å²) in [4.78, 5) is 2.88. The Morgan fingerprint density at radius 3 is 2.40 bits per heavy atom. The highest BCUT2D eigenvalue weighted by Gasteiger charge is 2.44. The molecule has 0 radical (unpaired) electrons. The van der Waals surface area contributed by atoms with E-state index in [1.54, 1.807) is 0 Å². The maximum absolute atomic E-state index is 6.32. The zero-order chi connectivity index (χ0) is 14.6. The van der Waals surface area contributed by atoms with Crippen molar-refractivity contribution in [3.05, 3.63) is 0 Å². The zero-order valence-electron chi connectivity index (χ0n) is 14.0. The van der Waals surface area contributed by atoms with Gasteiger partial charge in [-0.2, -0.15) is 0 Å². The van der Waals surface area contributed by atoms with E-state index in [-0.39, 0.29) is 0 Å². The lowest BCUT2D eigenvalue weighted by atomic mass is 9.90. The standard InChI is InChI=1S/C18H36N2/c1-4-16-9-11-18(13-16,14-19)20(12-10-15(2)3)17-7-5-6-8-17/h15-17H,4-14,19H2,1-3H3. The summed E-state index contributed by atoms with van der Waals surface area (Å²) in [5.74, 6) is 1.72. The van der Waals surface area contributed by atoms with Gasteiger partial charge >= 0.3 is 0 Å². The molecule has 2 unspecified atom stereocenters. The lowest BCUT2D eigenvalue weighted by molar-refractivity contribution is 0.0457. The second-order valence-electron chi connectivity index (χ2n) is 7.76. The van der Waals surface area contributed by atoms with Gasteiger partial charge in [-0.25, -0.2) is 0 Å². The van der Waals surface area contributed by atoms with Gasteiger partial charge in [0.1, 0.15) is 0 Å². The molecule has 20 heavy (non-hydrogen) atoms. The topological polar surface area (TPSA) is 29.3 Å². The third kappa shape index (κ3) is 3.57. The smallest absolute Gasteiger partial charge is 0.0337 e. The van der Waals surface area contributed by atoms with Crippen LogP contribution in [0.3, 0.4) is 0 Å². The van der Waals surface area contributed by atoms with Crippen LogP contribution in [0.25, 0.3) is 0 Å². The van der Waals surface area contributed by atoms with Crippen molar-refractivity contribution in [2.24, 2.45) is 17.6 Å². The third-order valence-corrected chi connectivity index (χ3v) is 5.97. The van der Waals surface area contributed by atoms with Crippen LogP contribution in [0.5, 0.6) is 0 Å².